The Morgan fingerprint density at radius 1 is 1.08 bits per heavy atom. The van der Waals surface area contributed by atoms with Crippen LogP contribution in [0.2, 0.25) is 0 Å². The number of amides is 2. The SMILES string of the molecule is CC1=NC(C)=C(C(=O)O)C(c2cccc(NC(=O)NCCCC3NCCc4ccccc43)c2)C1C(=O)O. The van der Waals surface area contributed by atoms with Crippen LogP contribution in [0.15, 0.2) is 64.8 Å². The summed E-state index contributed by atoms with van der Waals surface area (Å²) < 4.78 is 0. The smallest absolute Gasteiger partial charge is 0.334 e. The molecule has 37 heavy (non-hydrogen) atoms. The van der Waals surface area contributed by atoms with Crippen molar-refractivity contribution >= 4 is 29.4 Å². The van der Waals surface area contributed by atoms with Crippen molar-refractivity contribution in [2.45, 2.75) is 45.1 Å². The molecule has 2 heterocycles. The number of carbonyl (C=O) groups is 3. The number of rotatable bonds is 8. The van der Waals surface area contributed by atoms with Gasteiger partial charge in [0.1, 0.15) is 5.92 Å². The van der Waals surface area contributed by atoms with Crippen LogP contribution in [0, 0.1) is 5.92 Å². The first-order valence-corrected chi connectivity index (χ1v) is 12.4. The van der Waals surface area contributed by atoms with Crippen LogP contribution < -0.4 is 16.0 Å². The molecule has 2 aromatic rings. The van der Waals surface area contributed by atoms with Crippen LogP contribution in [0.1, 0.15) is 55.3 Å². The van der Waals surface area contributed by atoms with Gasteiger partial charge in [-0.15, -0.1) is 0 Å². The first-order valence-electron chi connectivity index (χ1n) is 12.4. The summed E-state index contributed by atoms with van der Waals surface area (Å²) in [7, 11) is 0. The zero-order chi connectivity index (χ0) is 26.5. The minimum atomic E-state index is -1.21. The van der Waals surface area contributed by atoms with E-state index in [4.69, 9.17) is 0 Å². The van der Waals surface area contributed by atoms with E-state index in [0.717, 1.165) is 25.8 Å². The van der Waals surface area contributed by atoms with Gasteiger partial charge in [-0.05, 0) is 68.5 Å². The number of nitrogens with zero attached hydrogens (tertiary/aromatic N) is 1. The van der Waals surface area contributed by atoms with Gasteiger partial charge in [-0.3, -0.25) is 9.79 Å². The van der Waals surface area contributed by atoms with E-state index >= 15 is 0 Å². The summed E-state index contributed by atoms with van der Waals surface area (Å²) in [5.74, 6) is -4.40. The number of allylic oxidation sites excluding steroid dienone is 1. The fraction of sp³-hybridized carbons (Fsp3) is 0.357. The van der Waals surface area contributed by atoms with Gasteiger partial charge in [-0.25, -0.2) is 9.59 Å². The highest BCUT2D eigenvalue weighted by atomic mass is 16.4. The average Bonchev–Trinajstić information content (AvgIpc) is 2.86. The molecule has 0 aliphatic carbocycles. The quantitative estimate of drug-likeness (QED) is 0.343. The van der Waals surface area contributed by atoms with Crippen molar-refractivity contribution < 1.29 is 24.6 Å². The van der Waals surface area contributed by atoms with Gasteiger partial charge in [0.05, 0.1) is 5.57 Å². The average molecular weight is 505 g/mol. The van der Waals surface area contributed by atoms with Gasteiger partial charge in [0.2, 0.25) is 0 Å². The summed E-state index contributed by atoms with van der Waals surface area (Å²) in [4.78, 5) is 40.8. The molecule has 2 amide bonds. The third kappa shape index (κ3) is 5.89. The number of urea groups is 1. The second-order valence-corrected chi connectivity index (χ2v) is 9.46. The van der Waals surface area contributed by atoms with Crippen molar-refractivity contribution in [3.05, 3.63) is 76.5 Å². The van der Waals surface area contributed by atoms with E-state index in [1.807, 2.05) is 0 Å². The largest absolute Gasteiger partial charge is 0.481 e. The van der Waals surface area contributed by atoms with E-state index in [1.54, 1.807) is 38.1 Å². The molecule has 2 aliphatic rings. The minimum absolute atomic E-state index is 0.0579. The number of benzene rings is 2. The third-order valence-corrected chi connectivity index (χ3v) is 7.00. The second-order valence-electron chi connectivity index (χ2n) is 9.46. The predicted molar refractivity (Wildman–Crippen MR) is 141 cm³/mol. The first kappa shape index (κ1) is 26.1. The monoisotopic (exact) mass is 504 g/mol. The Morgan fingerprint density at radius 2 is 1.86 bits per heavy atom. The molecular weight excluding hydrogens is 472 g/mol. The Kier molecular flexibility index (Phi) is 8.03. The van der Waals surface area contributed by atoms with Crippen LogP contribution in [-0.2, 0) is 16.0 Å². The van der Waals surface area contributed by atoms with Gasteiger partial charge in [-0.2, -0.15) is 0 Å². The Hall–Kier alpha value is -3.98. The summed E-state index contributed by atoms with van der Waals surface area (Å²) in [6.07, 6.45) is 2.72. The fourth-order valence-electron chi connectivity index (χ4n) is 5.34. The topological polar surface area (TPSA) is 140 Å². The molecule has 4 rings (SSSR count). The lowest BCUT2D eigenvalue weighted by atomic mass is 9.75. The van der Waals surface area contributed by atoms with Crippen molar-refractivity contribution in [1.29, 1.82) is 0 Å². The molecule has 0 bridgehead atoms. The first-order chi connectivity index (χ1) is 17.8. The summed E-state index contributed by atoms with van der Waals surface area (Å²) in [5.41, 5.74) is 4.19. The summed E-state index contributed by atoms with van der Waals surface area (Å²) >= 11 is 0. The number of fused-ring (bicyclic) bond motifs is 1. The standard InChI is InChI=1S/C28H32N4O5/c1-16-23(26(33)34)25(24(27(35)36)17(2)31-16)19-8-5-9-20(15-19)32-28(37)30-13-6-11-22-21-10-4-3-7-18(21)12-14-29-22/h3-5,7-10,15,22-23,25,29H,6,11-14H2,1-2H3,(H,33,34)(H,35,36)(H2,30,32,37). The zero-order valence-electron chi connectivity index (χ0n) is 21.0. The Morgan fingerprint density at radius 3 is 2.62 bits per heavy atom. The Labute approximate surface area is 215 Å². The summed E-state index contributed by atoms with van der Waals surface area (Å²) in [6, 6.07) is 15.0. The van der Waals surface area contributed by atoms with E-state index < -0.39 is 23.8 Å². The van der Waals surface area contributed by atoms with E-state index in [9.17, 15) is 24.6 Å². The van der Waals surface area contributed by atoms with Gasteiger partial charge < -0.3 is 26.2 Å². The van der Waals surface area contributed by atoms with E-state index in [0.29, 0.717) is 23.5 Å². The Balaban J connectivity index is 1.39. The molecule has 9 heteroatoms. The number of hydrogen-bond donors (Lipinski definition) is 5. The number of aliphatic carboxylic acids is 2. The van der Waals surface area contributed by atoms with Crippen LogP contribution in [0.3, 0.4) is 0 Å². The van der Waals surface area contributed by atoms with Crippen molar-refractivity contribution in [1.82, 2.24) is 10.6 Å². The number of carbonyl (C=O) groups excluding carboxylic acids is 1. The number of carboxylic acid groups (broad SMARTS) is 2. The van der Waals surface area contributed by atoms with E-state index in [1.165, 1.54) is 11.1 Å². The molecule has 9 nitrogen and oxygen atoms in total. The maximum Gasteiger partial charge on any atom is 0.334 e. The highest BCUT2D eigenvalue weighted by Gasteiger charge is 2.41. The molecule has 0 spiro atoms. The van der Waals surface area contributed by atoms with Gasteiger partial charge >= 0.3 is 18.0 Å². The van der Waals surface area contributed by atoms with E-state index in [-0.39, 0.29) is 23.3 Å². The molecule has 3 atom stereocenters. The van der Waals surface area contributed by atoms with Crippen molar-refractivity contribution in [2.75, 3.05) is 18.4 Å². The molecule has 3 unspecified atom stereocenters. The number of hydrogen-bond acceptors (Lipinski definition) is 5. The molecule has 0 saturated heterocycles. The number of aliphatic imine (C=N–C) groups is 1. The summed E-state index contributed by atoms with van der Waals surface area (Å²) in [5, 5.41) is 28.8. The molecule has 0 saturated carbocycles. The lowest BCUT2D eigenvalue weighted by Gasteiger charge is -2.29. The van der Waals surface area contributed by atoms with Crippen LogP contribution in [-0.4, -0.2) is 47.0 Å². The van der Waals surface area contributed by atoms with Gasteiger partial charge in [0.15, 0.2) is 0 Å². The van der Waals surface area contributed by atoms with Crippen LogP contribution in [0.4, 0.5) is 10.5 Å². The van der Waals surface area contributed by atoms with E-state index in [2.05, 4.69) is 45.2 Å². The predicted octanol–water partition coefficient (Wildman–Crippen LogP) is 4.09. The van der Waals surface area contributed by atoms with Gasteiger partial charge in [-0.1, -0.05) is 36.4 Å². The van der Waals surface area contributed by atoms with Crippen molar-refractivity contribution in [3.8, 4) is 0 Å². The summed E-state index contributed by atoms with van der Waals surface area (Å²) in [6.45, 7) is 4.59. The lowest BCUT2D eigenvalue weighted by molar-refractivity contribution is -0.140. The maximum atomic E-state index is 12.5. The zero-order valence-corrected chi connectivity index (χ0v) is 21.0. The minimum Gasteiger partial charge on any atom is -0.481 e. The highest BCUT2D eigenvalue weighted by molar-refractivity contribution is 6.06. The van der Waals surface area contributed by atoms with Crippen LogP contribution in [0.25, 0.3) is 0 Å². The molecule has 2 aliphatic heterocycles. The maximum absolute atomic E-state index is 12.5. The molecule has 194 valence electrons. The fourth-order valence-corrected chi connectivity index (χ4v) is 5.34. The lowest BCUT2D eigenvalue weighted by Crippen LogP contribution is -2.35. The second kappa shape index (κ2) is 11.4. The normalized spacial score (nSPS) is 21.0. The number of nitrogens with one attached hydrogen (secondary N) is 3. The molecule has 0 radical (unpaired) electrons. The molecule has 0 aromatic heterocycles. The number of anilines is 1. The third-order valence-electron chi connectivity index (χ3n) is 7.00. The van der Waals surface area contributed by atoms with Crippen LogP contribution in [0.5, 0.6) is 0 Å². The molecule has 2 aromatic carbocycles. The van der Waals surface area contributed by atoms with Crippen LogP contribution >= 0.6 is 0 Å². The van der Waals surface area contributed by atoms with Crippen molar-refractivity contribution in [3.63, 3.8) is 0 Å². The number of carboxylic acids is 2. The Bertz CT molecular complexity index is 1270. The molecular formula is C28H32N4O5. The van der Waals surface area contributed by atoms with Gasteiger partial charge in [0.25, 0.3) is 0 Å². The molecule has 0 fully saturated rings. The highest BCUT2D eigenvalue weighted by Crippen LogP contribution is 2.39. The molecule has 5 N–H and O–H groups in total. The van der Waals surface area contributed by atoms with Crippen molar-refractivity contribution in [2.24, 2.45) is 10.9 Å². The van der Waals surface area contributed by atoms with Gasteiger partial charge in [0, 0.05) is 35.6 Å².